The highest BCUT2D eigenvalue weighted by Gasteiger charge is 2.19. The van der Waals surface area contributed by atoms with Crippen LogP contribution in [0.15, 0.2) is 57.9 Å². The molecule has 8 heteroatoms. The largest absolute Gasteiger partial charge is 0.324 e. The van der Waals surface area contributed by atoms with Gasteiger partial charge in [-0.1, -0.05) is 17.8 Å². The Labute approximate surface area is 163 Å². The molecule has 0 aliphatic rings. The van der Waals surface area contributed by atoms with Crippen molar-refractivity contribution in [2.75, 3.05) is 5.32 Å². The van der Waals surface area contributed by atoms with Crippen molar-refractivity contribution in [2.24, 2.45) is 7.05 Å². The van der Waals surface area contributed by atoms with E-state index in [-0.39, 0.29) is 11.5 Å². The SMILES string of the molecule is CC(Sc1nc2ccsc2c(=O)n1C)C(=O)Nc1cccc2ncccc12. The molecule has 3 heterocycles. The van der Waals surface area contributed by atoms with E-state index in [0.29, 0.717) is 21.1 Å². The Hall–Kier alpha value is -2.71. The molecule has 27 heavy (non-hydrogen) atoms. The van der Waals surface area contributed by atoms with Gasteiger partial charge in [0.05, 0.1) is 22.0 Å². The summed E-state index contributed by atoms with van der Waals surface area (Å²) in [6.45, 7) is 1.80. The van der Waals surface area contributed by atoms with Gasteiger partial charge in [0.15, 0.2) is 5.16 Å². The predicted molar refractivity (Wildman–Crippen MR) is 111 cm³/mol. The van der Waals surface area contributed by atoms with Gasteiger partial charge >= 0.3 is 0 Å². The van der Waals surface area contributed by atoms with E-state index in [1.807, 2.05) is 41.8 Å². The molecule has 136 valence electrons. The topological polar surface area (TPSA) is 76.9 Å². The molecule has 1 amide bonds. The van der Waals surface area contributed by atoms with Gasteiger partial charge in [0.2, 0.25) is 5.91 Å². The molecule has 0 saturated carbocycles. The van der Waals surface area contributed by atoms with Crippen LogP contribution in [-0.2, 0) is 11.8 Å². The van der Waals surface area contributed by atoms with Crippen molar-refractivity contribution in [1.29, 1.82) is 0 Å². The monoisotopic (exact) mass is 396 g/mol. The zero-order valence-corrected chi connectivity index (χ0v) is 16.3. The number of nitrogens with zero attached hydrogens (tertiary/aromatic N) is 3. The van der Waals surface area contributed by atoms with Gasteiger partial charge in [-0.05, 0) is 42.6 Å². The van der Waals surface area contributed by atoms with Crippen LogP contribution in [0.4, 0.5) is 5.69 Å². The minimum absolute atomic E-state index is 0.0924. The first kappa shape index (κ1) is 17.7. The van der Waals surface area contributed by atoms with E-state index >= 15 is 0 Å². The van der Waals surface area contributed by atoms with E-state index in [1.54, 1.807) is 20.2 Å². The van der Waals surface area contributed by atoms with Crippen molar-refractivity contribution in [3.8, 4) is 0 Å². The van der Waals surface area contributed by atoms with Crippen LogP contribution in [0.1, 0.15) is 6.92 Å². The van der Waals surface area contributed by atoms with Crippen LogP contribution in [-0.4, -0.2) is 25.7 Å². The molecule has 0 radical (unpaired) electrons. The smallest absolute Gasteiger partial charge is 0.271 e. The van der Waals surface area contributed by atoms with Crippen molar-refractivity contribution in [1.82, 2.24) is 14.5 Å². The second-order valence-corrected chi connectivity index (χ2v) is 8.24. The van der Waals surface area contributed by atoms with Gasteiger partial charge < -0.3 is 5.32 Å². The lowest BCUT2D eigenvalue weighted by Gasteiger charge is -2.14. The predicted octanol–water partition coefficient (Wildman–Crippen LogP) is 3.66. The normalized spacial score (nSPS) is 12.4. The zero-order chi connectivity index (χ0) is 19.0. The van der Waals surface area contributed by atoms with Crippen LogP contribution in [0.2, 0.25) is 0 Å². The summed E-state index contributed by atoms with van der Waals surface area (Å²) in [4.78, 5) is 33.9. The number of amides is 1. The van der Waals surface area contributed by atoms with E-state index < -0.39 is 5.25 Å². The first-order valence-corrected chi connectivity index (χ1v) is 10.1. The summed E-state index contributed by atoms with van der Waals surface area (Å²) >= 11 is 2.64. The van der Waals surface area contributed by atoms with Gasteiger partial charge in [-0.3, -0.25) is 19.1 Å². The molecular weight excluding hydrogens is 380 g/mol. The van der Waals surface area contributed by atoms with Gasteiger partial charge in [-0.25, -0.2) is 4.98 Å². The zero-order valence-electron chi connectivity index (χ0n) is 14.7. The number of nitrogens with one attached hydrogen (secondary N) is 1. The Balaban J connectivity index is 1.58. The average Bonchev–Trinajstić information content (AvgIpc) is 3.14. The van der Waals surface area contributed by atoms with E-state index in [4.69, 9.17) is 0 Å². The number of carbonyl (C=O) groups excluding carboxylic acids is 1. The quantitative estimate of drug-likeness (QED) is 0.421. The van der Waals surface area contributed by atoms with E-state index in [9.17, 15) is 9.59 Å². The number of thioether (sulfide) groups is 1. The highest BCUT2D eigenvalue weighted by molar-refractivity contribution is 8.00. The summed E-state index contributed by atoms with van der Waals surface area (Å²) in [7, 11) is 1.68. The van der Waals surface area contributed by atoms with Gasteiger partial charge in [0, 0.05) is 18.6 Å². The molecule has 1 aromatic carbocycles. The standard InChI is InChI=1S/C19H16N4O2S2/c1-11(27-19-22-15-8-10-26-16(15)18(25)23(19)2)17(24)21-14-7-3-6-13-12(14)5-4-9-20-13/h3-11H,1-2H3,(H,21,24). The number of thiophene rings is 1. The van der Waals surface area contributed by atoms with Crippen molar-refractivity contribution in [3.05, 3.63) is 58.3 Å². The fourth-order valence-corrected chi connectivity index (χ4v) is 4.41. The maximum atomic E-state index is 12.7. The van der Waals surface area contributed by atoms with Crippen LogP contribution in [0.25, 0.3) is 21.1 Å². The Bertz CT molecular complexity index is 1210. The molecule has 0 saturated heterocycles. The first-order valence-electron chi connectivity index (χ1n) is 8.30. The Morgan fingerprint density at radius 1 is 1.22 bits per heavy atom. The Morgan fingerprint density at radius 3 is 2.93 bits per heavy atom. The number of hydrogen-bond donors (Lipinski definition) is 1. The maximum Gasteiger partial charge on any atom is 0.271 e. The minimum Gasteiger partial charge on any atom is -0.324 e. The maximum absolute atomic E-state index is 12.7. The van der Waals surface area contributed by atoms with Gasteiger partial charge in [0.25, 0.3) is 5.56 Å². The molecule has 0 aliphatic heterocycles. The number of fused-ring (bicyclic) bond motifs is 2. The number of hydrogen-bond acceptors (Lipinski definition) is 6. The summed E-state index contributed by atoms with van der Waals surface area (Å²) in [6, 6.07) is 11.2. The first-order chi connectivity index (χ1) is 13.0. The minimum atomic E-state index is -0.425. The lowest BCUT2D eigenvalue weighted by Crippen LogP contribution is -2.25. The summed E-state index contributed by atoms with van der Waals surface area (Å²) in [5, 5.41) is 5.79. The van der Waals surface area contributed by atoms with E-state index in [0.717, 1.165) is 10.9 Å². The summed E-state index contributed by atoms with van der Waals surface area (Å²) in [5.41, 5.74) is 2.11. The number of benzene rings is 1. The lowest BCUT2D eigenvalue weighted by molar-refractivity contribution is -0.115. The molecule has 1 atom stereocenters. The van der Waals surface area contributed by atoms with Crippen LogP contribution >= 0.6 is 23.1 Å². The molecule has 1 N–H and O–H groups in total. The number of anilines is 1. The number of pyridine rings is 1. The summed E-state index contributed by atoms with van der Waals surface area (Å²) in [5.74, 6) is -0.156. The third kappa shape index (κ3) is 3.33. The third-order valence-electron chi connectivity index (χ3n) is 4.20. The Morgan fingerprint density at radius 2 is 2.07 bits per heavy atom. The fourth-order valence-electron chi connectivity index (χ4n) is 2.73. The Kier molecular flexibility index (Phi) is 4.67. The van der Waals surface area contributed by atoms with Crippen molar-refractivity contribution in [3.63, 3.8) is 0 Å². The molecule has 6 nitrogen and oxygen atoms in total. The fraction of sp³-hybridized carbons (Fsp3) is 0.158. The number of rotatable bonds is 4. The van der Waals surface area contributed by atoms with Crippen molar-refractivity contribution in [2.45, 2.75) is 17.3 Å². The number of aromatic nitrogens is 3. The van der Waals surface area contributed by atoms with Crippen LogP contribution < -0.4 is 10.9 Å². The van der Waals surface area contributed by atoms with Crippen molar-refractivity contribution < 1.29 is 4.79 Å². The van der Waals surface area contributed by atoms with Crippen LogP contribution in [0.3, 0.4) is 0 Å². The molecule has 1 unspecified atom stereocenters. The molecule has 4 rings (SSSR count). The van der Waals surface area contributed by atoms with Gasteiger partial charge in [0.1, 0.15) is 4.70 Å². The second kappa shape index (κ2) is 7.13. The molecular formula is C19H16N4O2S2. The highest BCUT2D eigenvalue weighted by Crippen LogP contribution is 2.26. The lowest BCUT2D eigenvalue weighted by atomic mass is 10.2. The number of carbonyl (C=O) groups is 1. The molecule has 0 fully saturated rings. The molecule has 0 bridgehead atoms. The summed E-state index contributed by atoms with van der Waals surface area (Å²) in [6.07, 6.45) is 1.72. The second-order valence-electron chi connectivity index (χ2n) is 6.02. The highest BCUT2D eigenvalue weighted by atomic mass is 32.2. The van der Waals surface area contributed by atoms with Crippen LogP contribution in [0.5, 0.6) is 0 Å². The molecule has 4 aromatic rings. The van der Waals surface area contributed by atoms with E-state index in [2.05, 4.69) is 15.3 Å². The van der Waals surface area contributed by atoms with Crippen LogP contribution in [0, 0.1) is 0 Å². The third-order valence-corrected chi connectivity index (χ3v) is 6.24. The van der Waals surface area contributed by atoms with Gasteiger partial charge in [-0.15, -0.1) is 11.3 Å². The summed E-state index contributed by atoms with van der Waals surface area (Å²) < 4.78 is 2.12. The average molecular weight is 396 g/mol. The molecule has 0 spiro atoms. The molecule has 0 aliphatic carbocycles. The molecule has 3 aromatic heterocycles. The van der Waals surface area contributed by atoms with E-state index in [1.165, 1.54) is 27.7 Å². The van der Waals surface area contributed by atoms with Crippen molar-refractivity contribution >= 4 is 55.8 Å². The van der Waals surface area contributed by atoms with Gasteiger partial charge in [-0.2, -0.15) is 0 Å².